The number of amides is 1. The monoisotopic (exact) mass is 275 g/mol. The molecule has 6 nitrogen and oxygen atoms in total. The first kappa shape index (κ1) is 14.0. The van der Waals surface area contributed by atoms with Crippen LogP contribution >= 0.6 is 0 Å². The number of rotatable bonds is 5. The average Bonchev–Trinajstić information content (AvgIpc) is 2.77. The molecule has 0 saturated carbocycles. The van der Waals surface area contributed by atoms with Crippen molar-refractivity contribution in [2.45, 2.75) is 26.3 Å². The first-order chi connectivity index (χ1) is 9.47. The summed E-state index contributed by atoms with van der Waals surface area (Å²) < 4.78 is 1.82. The van der Waals surface area contributed by atoms with Crippen LogP contribution in [-0.4, -0.2) is 32.4 Å². The number of carbonyl (C=O) groups is 2. The van der Waals surface area contributed by atoms with Gasteiger partial charge < -0.3 is 14.8 Å². The van der Waals surface area contributed by atoms with E-state index in [2.05, 4.69) is 10.3 Å². The third-order valence-corrected chi connectivity index (χ3v) is 3.00. The van der Waals surface area contributed by atoms with Crippen molar-refractivity contribution >= 4 is 17.5 Å². The Morgan fingerprint density at radius 1 is 1.40 bits per heavy atom. The Morgan fingerprint density at radius 3 is 2.75 bits per heavy atom. The molecule has 0 aliphatic heterocycles. The highest BCUT2D eigenvalue weighted by atomic mass is 16.4. The van der Waals surface area contributed by atoms with Gasteiger partial charge in [0.1, 0.15) is 11.7 Å². The van der Waals surface area contributed by atoms with Crippen LogP contribution in [0.15, 0.2) is 30.6 Å². The van der Waals surface area contributed by atoms with Crippen molar-refractivity contribution in [3.05, 3.63) is 36.3 Å². The van der Waals surface area contributed by atoms with Gasteiger partial charge in [0.15, 0.2) is 0 Å². The van der Waals surface area contributed by atoms with Gasteiger partial charge in [0, 0.05) is 12.4 Å². The van der Waals surface area contributed by atoms with Gasteiger partial charge in [-0.2, -0.15) is 0 Å². The highest BCUT2D eigenvalue weighted by Gasteiger charge is 2.23. The number of carboxylic acid groups (broad SMARTS) is 1. The number of pyridine rings is 1. The molecule has 0 aliphatic rings. The van der Waals surface area contributed by atoms with Crippen LogP contribution in [-0.2, 0) is 16.0 Å². The van der Waals surface area contributed by atoms with Crippen LogP contribution < -0.4 is 5.32 Å². The van der Waals surface area contributed by atoms with Crippen LogP contribution in [0.1, 0.15) is 19.5 Å². The molecule has 0 aliphatic carbocycles. The van der Waals surface area contributed by atoms with E-state index in [0.29, 0.717) is 5.69 Å². The van der Waals surface area contributed by atoms with Crippen LogP contribution in [0.3, 0.4) is 0 Å². The summed E-state index contributed by atoms with van der Waals surface area (Å²) in [4.78, 5) is 27.2. The van der Waals surface area contributed by atoms with Crippen molar-refractivity contribution in [1.82, 2.24) is 14.7 Å². The predicted octanol–water partition coefficient (Wildman–Crippen LogP) is 1.10. The molecule has 1 atom stereocenters. The van der Waals surface area contributed by atoms with Crippen LogP contribution in [0.5, 0.6) is 0 Å². The SMILES string of the molecule is CC(C)[C@@H](NC(=O)Cc1cn2ccccc2n1)C(=O)O. The molecule has 2 aromatic rings. The number of fused-ring (bicyclic) bond motifs is 1. The first-order valence-electron chi connectivity index (χ1n) is 6.42. The maximum absolute atomic E-state index is 11.9. The Kier molecular flexibility index (Phi) is 4.02. The molecule has 6 heteroatoms. The molecule has 1 amide bonds. The normalized spacial score (nSPS) is 12.6. The summed E-state index contributed by atoms with van der Waals surface area (Å²) in [6, 6.07) is 4.71. The molecular formula is C14H17N3O3. The lowest BCUT2D eigenvalue weighted by molar-refractivity contribution is -0.143. The minimum Gasteiger partial charge on any atom is -0.480 e. The van der Waals surface area contributed by atoms with Crippen molar-refractivity contribution in [3.63, 3.8) is 0 Å². The highest BCUT2D eigenvalue weighted by Crippen LogP contribution is 2.06. The Labute approximate surface area is 116 Å². The lowest BCUT2D eigenvalue weighted by Crippen LogP contribution is -2.44. The smallest absolute Gasteiger partial charge is 0.326 e. The number of aliphatic carboxylic acids is 1. The second-order valence-corrected chi connectivity index (χ2v) is 5.00. The zero-order chi connectivity index (χ0) is 14.7. The fraction of sp³-hybridized carbons (Fsp3) is 0.357. The van der Waals surface area contributed by atoms with E-state index >= 15 is 0 Å². The third-order valence-electron chi connectivity index (χ3n) is 3.00. The molecule has 0 bridgehead atoms. The van der Waals surface area contributed by atoms with Crippen LogP contribution in [0.2, 0.25) is 0 Å². The maximum atomic E-state index is 11.9. The second-order valence-electron chi connectivity index (χ2n) is 5.00. The molecule has 2 rings (SSSR count). The Bertz CT molecular complexity index is 600. The average molecular weight is 275 g/mol. The standard InChI is InChI=1S/C14H17N3O3/c1-9(2)13(14(19)20)16-12(18)7-10-8-17-6-4-3-5-11(17)15-10/h3-6,8-9,13H,7H2,1-2H3,(H,16,18)(H,19,20)/t13-/m1/s1. The molecule has 2 N–H and O–H groups in total. The van der Waals surface area contributed by atoms with Gasteiger partial charge in [-0.25, -0.2) is 9.78 Å². The van der Waals surface area contributed by atoms with Crippen LogP contribution in [0, 0.1) is 5.92 Å². The molecule has 0 unspecified atom stereocenters. The molecule has 2 aromatic heterocycles. The van der Waals surface area contributed by atoms with Gasteiger partial charge in [-0.1, -0.05) is 19.9 Å². The number of carboxylic acids is 1. The van der Waals surface area contributed by atoms with E-state index in [-0.39, 0.29) is 18.2 Å². The highest BCUT2D eigenvalue weighted by molar-refractivity contribution is 5.84. The van der Waals surface area contributed by atoms with Crippen molar-refractivity contribution in [2.24, 2.45) is 5.92 Å². The zero-order valence-corrected chi connectivity index (χ0v) is 11.4. The third kappa shape index (κ3) is 3.14. The fourth-order valence-electron chi connectivity index (χ4n) is 1.97. The lowest BCUT2D eigenvalue weighted by atomic mass is 10.0. The van der Waals surface area contributed by atoms with E-state index in [1.165, 1.54) is 0 Å². The van der Waals surface area contributed by atoms with Crippen LogP contribution in [0.25, 0.3) is 5.65 Å². The quantitative estimate of drug-likeness (QED) is 0.856. The number of hydrogen-bond donors (Lipinski definition) is 2. The number of imidazole rings is 1. The minimum absolute atomic E-state index is 0.0676. The van der Waals surface area contributed by atoms with E-state index < -0.39 is 12.0 Å². The summed E-state index contributed by atoms with van der Waals surface area (Å²) in [5.74, 6) is -1.53. The number of aromatic nitrogens is 2. The maximum Gasteiger partial charge on any atom is 0.326 e. The Balaban J connectivity index is 2.05. The van der Waals surface area contributed by atoms with Crippen molar-refractivity contribution in [1.29, 1.82) is 0 Å². The van der Waals surface area contributed by atoms with Gasteiger partial charge >= 0.3 is 5.97 Å². The summed E-state index contributed by atoms with van der Waals surface area (Å²) >= 11 is 0. The van der Waals surface area contributed by atoms with E-state index in [0.717, 1.165) is 5.65 Å². The molecule has 0 spiro atoms. The summed E-state index contributed by atoms with van der Waals surface area (Å²) in [6.45, 7) is 3.51. The molecular weight excluding hydrogens is 258 g/mol. The Hall–Kier alpha value is -2.37. The molecule has 0 aromatic carbocycles. The fourth-order valence-corrected chi connectivity index (χ4v) is 1.97. The molecule has 0 saturated heterocycles. The number of nitrogens with one attached hydrogen (secondary N) is 1. The van der Waals surface area contributed by atoms with E-state index in [9.17, 15) is 9.59 Å². The van der Waals surface area contributed by atoms with E-state index in [1.807, 2.05) is 28.8 Å². The number of hydrogen-bond acceptors (Lipinski definition) is 3. The second kappa shape index (κ2) is 5.73. The number of carbonyl (C=O) groups excluding carboxylic acids is 1. The van der Waals surface area contributed by atoms with E-state index in [4.69, 9.17) is 5.11 Å². The van der Waals surface area contributed by atoms with Gasteiger partial charge in [0.25, 0.3) is 0 Å². The van der Waals surface area contributed by atoms with Crippen molar-refractivity contribution in [3.8, 4) is 0 Å². The summed E-state index contributed by atoms with van der Waals surface area (Å²) in [5, 5.41) is 11.6. The molecule has 0 radical (unpaired) electrons. The van der Waals surface area contributed by atoms with Crippen molar-refractivity contribution < 1.29 is 14.7 Å². The minimum atomic E-state index is -1.02. The molecule has 106 valence electrons. The van der Waals surface area contributed by atoms with Gasteiger partial charge in [-0.05, 0) is 18.1 Å². The van der Waals surface area contributed by atoms with Crippen molar-refractivity contribution in [2.75, 3.05) is 0 Å². The Morgan fingerprint density at radius 2 is 2.15 bits per heavy atom. The predicted molar refractivity (Wildman–Crippen MR) is 73.3 cm³/mol. The van der Waals surface area contributed by atoms with Gasteiger partial charge in [0.2, 0.25) is 5.91 Å². The lowest BCUT2D eigenvalue weighted by Gasteiger charge is -2.17. The van der Waals surface area contributed by atoms with E-state index in [1.54, 1.807) is 20.0 Å². The molecule has 2 heterocycles. The van der Waals surface area contributed by atoms with Gasteiger partial charge in [-0.3, -0.25) is 4.79 Å². The molecule has 20 heavy (non-hydrogen) atoms. The number of nitrogens with zero attached hydrogens (tertiary/aromatic N) is 2. The zero-order valence-electron chi connectivity index (χ0n) is 11.4. The molecule has 0 fully saturated rings. The topological polar surface area (TPSA) is 83.7 Å². The summed E-state index contributed by atoms with van der Waals surface area (Å²) in [5.41, 5.74) is 1.37. The first-order valence-corrected chi connectivity index (χ1v) is 6.42. The largest absolute Gasteiger partial charge is 0.480 e. The van der Waals surface area contributed by atoms with Crippen LogP contribution in [0.4, 0.5) is 0 Å². The summed E-state index contributed by atoms with van der Waals surface area (Å²) in [6.07, 6.45) is 3.68. The van der Waals surface area contributed by atoms with Gasteiger partial charge in [0.05, 0.1) is 12.1 Å². The van der Waals surface area contributed by atoms with Gasteiger partial charge in [-0.15, -0.1) is 0 Å². The summed E-state index contributed by atoms with van der Waals surface area (Å²) in [7, 11) is 0.